The van der Waals surface area contributed by atoms with E-state index in [4.69, 9.17) is 22.2 Å². The lowest BCUT2D eigenvalue weighted by atomic mass is 9.99. The maximum absolute atomic E-state index is 8.11. The number of nitrogens with two attached hydrogens (primary N) is 1. The predicted octanol–water partition coefficient (Wildman–Crippen LogP) is 1.30. The van der Waals surface area contributed by atoms with E-state index in [0.717, 1.165) is 12.3 Å². The third-order valence-electron chi connectivity index (χ3n) is 1.47. The Labute approximate surface area is 101 Å². The summed E-state index contributed by atoms with van der Waals surface area (Å²) in [6.07, 6.45) is -6.33. The predicted molar refractivity (Wildman–Crippen MR) is 57.1 cm³/mol. The average Bonchev–Trinajstić information content (AvgIpc) is 2.42. The molecule has 1 aromatic rings. The molecule has 0 radical (unpaired) electrons. The van der Waals surface area contributed by atoms with E-state index in [9.17, 15) is 0 Å². The lowest BCUT2D eigenvalue weighted by Gasteiger charge is -2.31. The maximum atomic E-state index is 8.11. The molecule has 0 amide bonds. The van der Waals surface area contributed by atoms with Crippen LogP contribution in [-0.4, -0.2) is 23.0 Å². The van der Waals surface area contributed by atoms with Crippen LogP contribution in [0.1, 0.15) is 36.0 Å². The van der Waals surface area contributed by atoms with Crippen LogP contribution in [0.2, 0.25) is 0 Å². The number of nitrogens with zero attached hydrogens (tertiary/aromatic N) is 3. The quantitative estimate of drug-likeness (QED) is 0.749. The number of nitrogen functional groups attached to an aromatic ring is 1. The normalized spacial score (nSPS) is 48.7. The molecule has 4 nitrogen and oxygen atoms in total. The summed E-state index contributed by atoms with van der Waals surface area (Å²) in [6.45, 7) is -10.6. The Balaban J connectivity index is 2.89. The molecule has 4 heteroatoms. The van der Waals surface area contributed by atoms with Crippen molar-refractivity contribution in [3.63, 3.8) is 0 Å². The summed E-state index contributed by atoms with van der Waals surface area (Å²) in [4.78, 5) is 7.20. The lowest BCUT2D eigenvalue weighted by Crippen LogP contribution is -2.33. The molecule has 2 heterocycles. The molecule has 14 heavy (non-hydrogen) atoms. The second-order valence-electron chi connectivity index (χ2n) is 2.46. The fraction of sp³-hybridized carbons (Fsp3) is 0.600. The zero-order valence-corrected chi connectivity index (χ0v) is 7.07. The third-order valence-corrected chi connectivity index (χ3v) is 1.47. The monoisotopic (exact) mass is 204 g/mol. The molecular formula is C10H16N4. The Morgan fingerprint density at radius 2 is 2.50 bits per heavy atom. The summed E-state index contributed by atoms with van der Waals surface area (Å²) in [5.41, 5.74) is 5.39. The fourth-order valence-corrected chi connectivity index (χ4v) is 0.886. The van der Waals surface area contributed by atoms with E-state index in [1.807, 2.05) is 0 Å². The highest BCUT2D eigenvalue weighted by Gasteiger charge is 2.16. The van der Waals surface area contributed by atoms with E-state index in [1.54, 1.807) is 0 Å². The van der Waals surface area contributed by atoms with Gasteiger partial charge in [-0.25, -0.2) is 4.98 Å². The average molecular weight is 204 g/mol. The van der Waals surface area contributed by atoms with Crippen LogP contribution < -0.4 is 10.6 Å². The van der Waals surface area contributed by atoms with Gasteiger partial charge in [0.1, 0.15) is 5.82 Å². The van der Waals surface area contributed by atoms with Gasteiger partial charge >= 0.3 is 0 Å². The molecule has 1 aliphatic rings. The summed E-state index contributed by atoms with van der Waals surface area (Å²) in [7, 11) is 0. The van der Waals surface area contributed by atoms with E-state index in [0.29, 0.717) is 0 Å². The van der Waals surface area contributed by atoms with E-state index in [1.165, 1.54) is 0 Å². The van der Waals surface area contributed by atoms with Crippen LogP contribution >= 0.6 is 0 Å². The van der Waals surface area contributed by atoms with E-state index in [2.05, 4.69) is 9.97 Å². The van der Waals surface area contributed by atoms with Crippen molar-refractivity contribution >= 4 is 11.8 Å². The third kappa shape index (κ3) is 1.95. The van der Waals surface area contributed by atoms with Gasteiger partial charge in [0.15, 0.2) is 0 Å². The second-order valence-corrected chi connectivity index (χ2v) is 2.46. The van der Waals surface area contributed by atoms with Crippen molar-refractivity contribution in [2.75, 3.05) is 23.6 Å². The van der Waals surface area contributed by atoms with Crippen LogP contribution in [0.25, 0.3) is 0 Å². The van der Waals surface area contributed by atoms with Crippen LogP contribution in [0.15, 0.2) is 12.3 Å². The topological polar surface area (TPSA) is 55.0 Å². The van der Waals surface area contributed by atoms with E-state index < -0.39 is 50.3 Å². The number of hydrogen-bond acceptors (Lipinski definition) is 4. The lowest BCUT2D eigenvalue weighted by molar-refractivity contribution is 0.436. The Bertz CT molecular complexity index is 686. The number of aromatic nitrogens is 2. The number of piperidine rings is 1. The van der Waals surface area contributed by atoms with Crippen LogP contribution in [0.3, 0.4) is 0 Å². The Morgan fingerprint density at radius 1 is 1.71 bits per heavy atom. The standard InChI is InChI=1S/C10H16N4/c1-8-3-6-14(7-4-8)9-2-5-12-10(11)13-9/h2,5,8H,3-4,6-7H2,1H3,(H2,11,12,13)/i1D3,3D2,4D2,6D2,7D2,8D. The fourth-order valence-electron chi connectivity index (χ4n) is 0.886. The molecule has 76 valence electrons. The molecule has 0 aromatic carbocycles. The van der Waals surface area contributed by atoms with Crippen LogP contribution in [-0.2, 0) is 0 Å². The first-order valence-electron chi connectivity index (χ1n) is 9.76. The highest BCUT2D eigenvalue weighted by molar-refractivity contribution is 5.41. The van der Waals surface area contributed by atoms with Gasteiger partial charge in [-0.3, -0.25) is 0 Å². The van der Waals surface area contributed by atoms with E-state index >= 15 is 0 Å². The first kappa shape index (κ1) is 2.62. The minimum Gasteiger partial charge on any atom is -0.368 e. The van der Waals surface area contributed by atoms with Gasteiger partial charge in [0.25, 0.3) is 0 Å². The molecule has 2 N–H and O–H groups in total. The Morgan fingerprint density at radius 3 is 3.14 bits per heavy atom. The highest BCUT2D eigenvalue weighted by atomic mass is 15.2. The van der Waals surface area contributed by atoms with Crippen molar-refractivity contribution in [3.8, 4) is 0 Å². The van der Waals surface area contributed by atoms with Gasteiger partial charge < -0.3 is 10.6 Å². The van der Waals surface area contributed by atoms with Gasteiger partial charge in [-0.05, 0) is 24.7 Å². The first-order valence-corrected chi connectivity index (χ1v) is 3.76. The summed E-state index contributed by atoms with van der Waals surface area (Å²) in [5, 5.41) is 0. The Hall–Kier alpha value is -1.32. The molecule has 0 unspecified atom stereocenters. The smallest absolute Gasteiger partial charge is 0.221 e. The van der Waals surface area contributed by atoms with Crippen LogP contribution in [0.4, 0.5) is 11.8 Å². The van der Waals surface area contributed by atoms with E-state index in [-0.39, 0.29) is 4.90 Å². The zero-order valence-electron chi connectivity index (χ0n) is 19.1. The molecule has 0 aliphatic carbocycles. The van der Waals surface area contributed by atoms with Gasteiger partial charge in [0.2, 0.25) is 5.95 Å². The molecule has 1 aromatic heterocycles. The minimum atomic E-state index is -3.77. The molecule has 1 fully saturated rings. The van der Waals surface area contributed by atoms with Gasteiger partial charge in [-0.15, -0.1) is 0 Å². The summed E-state index contributed by atoms with van der Waals surface area (Å²) in [5.74, 6) is -4.77. The highest BCUT2D eigenvalue weighted by Crippen LogP contribution is 2.20. The molecule has 0 bridgehead atoms. The largest absolute Gasteiger partial charge is 0.368 e. The van der Waals surface area contributed by atoms with Crippen molar-refractivity contribution in [2.45, 2.75) is 19.6 Å². The molecule has 0 spiro atoms. The van der Waals surface area contributed by atoms with Gasteiger partial charge in [-0.1, -0.05) is 6.85 Å². The SMILES string of the molecule is [2H]C([2H])([2H])C1([2H])C([2H])([2H])C([2H])([2H])N(c2ccnc(N)n2)C([2H])([2H])C1([2H])[2H]. The van der Waals surface area contributed by atoms with Gasteiger partial charge in [0, 0.05) is 35.6 Å². The maximum Gasteiger partial charge on any atom is 0.221 e. The van der Waals surface area contributed by atoms with Gasteiger partial charge in [0.05, 0.1) is 0 Å². The van der Waals surface area contributed by atoms with Crippen molar-refractivity contribution in [1.29, 1.82) is 0 Å². The van der Waals surface area contributed by atoms with Gasteiger partial charge in [-0.2, -0.15) is 4.98 Å². The molecule has 2 rings (SSSR count). The molecule has 1 aliphatic heterocycles. The van der Waals surface area contributed by atoms with Crippen molar-refractivity contribution in [3.05, 3.63) is 12.3 Å². The van der Waals surface area contributed by atoms with Crippen LogP contribution in [0.5, 0.6) is 0 Å². The summed E-state index contributed by atoms with van der Waals surface area (Å²) >= 11 is 0. The second kappa shape index (κ2) is 3.82. The molecule has 0 saturated carbocycles. The van der Waals surface area contributed by atoms with Crippen molar-refractivity contribution in [1.82, 2.24) is 9.97 Å². The summed E-state index contributed by atoms with van der Waals surface area (Å²) in [6, 6.07) is 0.977. The molecule has 1 saturated heterocycles. The Kier molecular flexibility index (Phi) is 0.715. The zero-order chi connectivity index (χ0) is 20.6. The van der Waals surface area contributed by atoms with Crippen LogP contribution in [0, 0.1) is 5.89 Å². The number of hydrogen-bond donors (Lipinski definition) is 1. The summed E-state index contributed by atoms with van der Waals surface area (Å²) < 4.78 is 95.0. The molecular weight excluding hydrogens is 176 g/mol. The van der Waals surface area contributed by atoms with Crippen molar-refractivity contribution < 1.29 is 16.4 Å². The molecule has 0 atom stereocenters. The number of rotatable bonds is 1. The number of anilines is 2. The first-order chi connectivity index (χ1) is 11.4. The van der Waals surface area contributed by atoms with Crippen molar-refractivity contribution in [2.24, 2.45) is 5.89 Å². The minimum absolute atomic E-state index is 0.0383.